The van der Waals surface area contributed by atoms with Gasteiger partial charge in [-0.2, -0.15) is 18.4 Å². The number of alkyl halides is 3. The average Bonchev–Trinajstić information content (AvgIpc) is 2.97. The maximum absolute atomic E-state index is 12.9. The first-order valence-corrected chi connectivity index (χ1v) is 7.04. The van der Waals surface area contributed by atoms with Gasteiger partial charge in [0, 0.05) is 6.20 Å². The molecule has 0 spiro atoms. The van der Waals surface area contributed by atoms with Crippen LogP contribution in [0, 0.1) is 11.3 Å². The van der Waals surface area contributed by atoms with Crippen molar-refractivity contribution >= 4 is 23.1 Å². The Kier molecular flexibility index (Phi) is 4.13. The molecule has 0 aliphatic carbocycles. The van der Waals surface area contributed by atoms with Crippen molar-refractivity contribution in [3.63, 3.8) is 0 Å². The van der Waals surface area contributed by atoms with Crippen molar-refractivity contribution in [3.05, 3.63) is 59.4 Å². The van der Waals surface area contributed by atoms with Gasteiger partial charge in [0.2, 0.25) is 0 Å². The van der Waals surface area contributed by atoms with Gasteiger partial charge in [-0.3, -0.25) is 4.40 Å². The summed E-state index contributed by atoms with van der Waals surface area (Å²) in [5.74, 6) is -1.85. The number of hydrogen-bond acceptors (Lipinski definition) is 5. The highest BCUT2D eigenvalue weighted by atomic mass is 19.4. The Morgan fingerprint density at radius 3 is 2.58 bits per heavy atom. The van der Waals surface area contributed by atoms with E-state index in [1.54, 1.807) is 12.1 Å². The second-order valence-corrected chi connectivity index (χ2v) is 5.06. The summed E-state index contributed by atoms with van der Waals surface area (Å²) in [4.78, 5) is 15.1. The minimum Gasteiger partial charge on any atom is -0.476 e. The van der Waals surface area contributed by atoms with Crippen LogP contribution in [0.25, 0.3) is 5.65 Å². The Morgan fingerprint density at radius 2 is 1.92 bits per heavy atom. The minimum atomic E-state index is -4.62. The van der Waals surface area contributed by atoms with Gasteiger partial charge in [0.1, 0.15) is 17.4 Å². The molecular formula is C16H8F3N5O2. The number of nitriles is 1. The smallest absolute Gasteiger partial charge is 0.417 e. The van der Waals surface area contributed by atoms with Gasteiger partial charge in [0.05, 0.1) is 11.1 Å². The Balaban J connectivity index is 2.19. The largest absolute Gasteiger partial charge is 0.476 e. The van der Waals surface area contributed by atoms with Crippen molar-refractivity contribution in [2.24, 2.45) is 10.2 Å². The lowest BCUT2D eigenvalue weighted by Crippen LogP contribution is -2.06. The Morgan fingerprint density at radius 1 is 1.19 bits per heavy atom. The molecule has 2 heterocycles. The van der Waals surface area contributed by atoms with Crippen molar-refractivity contribution in [1.29, 1.82) is 5.26 Å². The third-order valence-corrected chi connectivity index (χ3v) is 3.40. The van der Waals surface area contributed by atoms with Gasteiger partial charge >= 0.3 is 12.1 Å². The normalized spacial score (nSPS) is 11.8. The number of aromatic nitrogens is 2. The zero-order chi connectivity index (χ0) is 18.9. The van der Waals surface area contributed by atoms with E-state index in [2.05, 4.69) is 15.2 Å². The Bertz CT molecular complexity index is 1080. The Labute approximate surface area is 143 Å². The van der Waals surface area contributed by atoms with E-state index in [9.17, 15) is 23.1 Å². The van der Waals surface area contributed by atoms with Crippen LogP contribution in [0.4, 0.5) is 24.7 Å². The van der Waals surface area contributed by atoms with Crippen LogP contribution in [-0.2, 0) is 6.18 Å². The first-order valence-electron chi connectivity index (χ1n) is 7.04. The highest BCUT2D eigenvalue weighted by Gasteiger charge is 2.31. The standard InChI is InChI=1S/C16H8F3N5O2/c17-16(18,19)10-5-6-12-21-13(15(25)26)14(24(12)8-10)23-22-11-4-2-1-3-9(11)7-20/h1-6,8H,(H,25,26). The first-order chi connectivity index (χ1) is 12.3. The highest BCUT2D eigenvalue weighted by molar-refractivity contribution is 5.91. The summed E-state index contributed by atoms with van der Waals surface area (Å²) in [6.45, 7) is 0. The molecule has 0 saturated heterocycles. The fourth-order valence-electron chi connectivity index (χ4n) is 2.20. The predicted octanol–water partition coefficient (Wildman–Crippen LogP) is 4.34. The van der Waals surface area contributed by atoms with E-state index in [0.29, 0.717) is 6.20 Å². The van der Waals surface area contributed by atoms with Gasteiger partial charge in [-0.1, -0.05) is 12.1 Å². The zero-order valence-electron chi connectivity index (χ0n) is 12.8. The quantitative estimate of drug-likeness (QED) is 0.703. The van der Waals surface area contributed by atoms with Crippen LogP contribution >= 0.6 is 0 Å². The van der Waals surface area contributed by atoms with Crippen LogP contribution in [0.1, 0.15) is 21.6 Å². The monoisotopic (exact) mass is 359 g/mol. The number of pyridine rings is 1. The molecule has 1 N–H and O–H groups in total. The van der Waals surface area contributed by atoms with Crippen molar-refractivity contribution in [3.8, 4) is 6.07 Å². The molecule has 1 aromatic carbocycles. The van der Waals surface area contributed by atoms with Gasteiger partial charge in [-0.25, -0.2) is 9.78 Å². The van der Waals surface area contributed by atoms with Gasteiger partial charge in [-0.05, 0) is 24.3 Å². The molecule has 0 radical (unpaired) electrons. The van der Waals surface area contributed by atoms with Crippen LogP contribution < -0.4 is 0 Å². The lowest BCUT2D eigenvalue weighted by Gasteiger charge is -2.06. The third kappa shape index (κ3) is 3.10. The van der Waals surface area contributed by atoms with Gasteiger partial charge in [0.15, 0.2) is 11.5 Å². The van der Waals surface area contributed by atoms with Crippen molar-refractivity contribution in [2.75, 3.05) is 0 Å². The summed E-state index contributed by atoms with van der Waals surface area (Å²) >= 11 is 0. The van der Waals surface area contributed by atoms with Crippen LogP contribution in [0.2, 0.25) is 0 Å². The summed E-state index contributed by atoms with van der Waals surface area (Å²) in [6.07, 6.45) is -3.93. The number of rotatable bonds is 3. The molecule has 3 rings (SSSR count). The zero-order valence-corrected chi connectivity index (χ0v) is 12.8. The molecule has 0 unspecified atom stereocenters. The summed E-state index contributed by atoms with van der Waals surface area (Å²) in [5, 5.41) is 25.8. The SMILES string of the molecule is N#Cc1ccccc1N=Nc1c(C(=O)O)nc2ccc(C(F)(F)F)cn12. The number of carbonyl (C=O) groups is 1. The number of halogens is 3. The fraction of sp³-hybridized carbons (Fsp3) is 0.0625. The molecule has 10 heteroatoms. The van der Waals surface area contributed by atoms with E-state index in [1.807, 2.05) is 6.07 Å². The number of imidazole rings is 1. The number of aromatic carboxylic acids is 1. The number of carboxylic acids is 1. The van der Waals surface area contributed by atoms with Gasteiger partial charge < -0.3 is 5.11 Å². The van der Waals surface area contributed by atoms with Crippen LogP contribution in [0.3, 0.4) is 0 Å². The number of nitrogens with zero attached hydrogens (tertiary/aromatic N) is 5. The van der Waals surface area contributed by atoms with E-state index in [0.717, 1.165) is 16.5 Å². The maximum atomic E-state index is 12.9. The molecule has 0 saturated carbocycles. The third-order valence-electron chi connectivity index (χ3n) is 3.40. The summed E-state index contributed by atoms with van der Waals surface area (Å²) in [5.41, 5.74) is -1.25. The van der Waals surface area contributed by atoms with E-state index in [4.69, 9.17) is 5.26 Å². The summed E-state index contributed by atoms with van der Waals surface area (Å²) < 4.78 is 39.7. The van der Waals surface area contributed by atoms with Gasteiger partial charge in [-0.15, -0.1) is 10.2 Å². The van der Waals surface area contributed by atoms with Gasteiger partial charge in [0.25, 0.3) is 0 Å². The second-order valence-electron chi connectivity index (χ2n) is 5.06. The van der Waals surface area contributed by atoms with E-state index in [1.165, 1.54) is 12.1 Å². The molecule has 0 bridgehead atoms. The highest BCUT2D eigenvalue weighted by Crippen LogP contribution is 2.32. The number of fused-ring (bicyclic) bond motifs is 1. The van der Waals surface area contributed by atoms with Crippen LogP contribution in [0.5, 0.6) is 0 Å². The molecule has 3 aromatic rings. The number of benzene rings is 1. The van der Waals surface area contributed by atoms with Crippen LogP contribution in [-0.4, -0.2) is 20.5 Å². The molecule has 26 heavy (non-hydrogen) atoms. The second kappa shape index (κ2) is 6.29. The van der Waals surface area contributed by atoms with Crippen molar-refractivity contribution in [2.45, 2.75) is 6.18 Å². The molecule has 130 valence electrons. The minimum absolute atomic E-state index is 0.0297. The molecule has 2 aromatic heterocycles. The van der Waals surface area contributed by atoms with E-state index >= 15 is 0 Å². The Hall–Kier alpha value is -3.74. The van der Waals surface area contributed by atoms with E-state index < -0.39 is 23.4 Å². The number of carboxylic acid groups (broad SMARTS) is 1. The summed E-state index contributed by atoms with van der Waals surface area (Å²) in [7, 11) is 0. The van der Waals surface area contributed by atoms with Crippen molar-refractivity contribution < 1.29 is 23.1 Å². The lowest BCUT2D eigenvalue weighted by atomic mass is 10.2. The topological polar surface area (TPSA) is 103 Å². The van der Waals surface area contributed by atoms with Crippen LogP contribution in [0.15, 0.2) is 52.8 Å². The average molecular weight is 359 g/mol. The maximum Gasteiger partial charge on any atom is 0.417 e. The molecule has 0 amide bonds. The van der Waals surface area contributed by atoms with E-state index in [-0.39, 0.29) is 22.7 Å². The summed E-state index contributed by atoms with van der Waals surface area (Å²) in [6, 6.07) is 9.85. The lowest BCUT2D eigenvalue weighted by molar-refractivity contribution is -0.137. The molecule has 0 aliphatic heterocycles. The number of azo groups is 1. The molecule has 0 aliphatic rings. The molecule has 0 fully saturated rings. The fourth-order valence-corrected chi connectivity index (χ4v) is 2.20. The molecule has 0 atom stereocenters. The number of hydrogen-bond donors (Lipinski definition) is 1. The first kappa shape index (κ1) is 17.1. The van der Waals surface area contributed by atoms with Crippen molar-refractivity contribution in [1.82, 2.24) is 9.38 Å². The molecule has 7 nitrogen and oxygen atoms in total. The predicted molar refractivity (Wildman–Crippen MR) is 82.5 cm³/mol. The molecular weight excluding hydrogens is 351 g/mol.